The highest BCUT2D eigenvalue weighted by molar-refractivity contribution is 6.79. The number of hydrogen-bond donors (Lipinski definition) is 0. The van der Waals surface area contributed by atoms with E-state index in [1.54, 1.807) is 0 Å². The maximum absolute atomic E-state index is 4.02. The van der Waals surface area contributed by atoms with Crippen LogP contribution in [-0.4, -0.2) is 44.7 Å². The van der Waals surface area contributed by atoms with Crippen molar-refractivity contribution in [2.24, 2.45) is 0 Å². The van der Waals surface area contributed by atoms with E-state index in [9.17, 15) is 0 Å². The van der Waals surface area contributed by atoms with E-state index in [1.165, 1.54) is 6.04 Å². The minimum Gasteiger partial charge on any atom is -0.312 e. The molecule has 0 unspecified atom stereocenters. The molecule has 0 spiro atoms. The van der Waals surface area contributed by atoms with Crippen molar-refractivity contribution in [3.8, 4) is 0 Å². The molecule has 0 aromatic carbocycles. The van der Waals surface area contributed by atoms with Gasteiger partial charge in [0.25, 0.3) is 0 Å². The molecule has 0 aliphatic heterocycles. The van der Waals surface area contributed by atoms with Crippen molar-refractivity contribution in [3.63, 3.8) is 0 Å². The van der Waals surface area contributed by atoms with Gasteiger partial charge in [0.05, 0.1) is 0 Å². The van der Waals surface area contributed by atoms with Gasteiger partial charge >= 0.3 is 0 Å². The summed E-state index contributed by atoms with van der Waals surface area (Å²) in [4.78, 5) is 0. The van der Waals surface area contributed by atoms with Gasteiger partial charge in [-0.1, -0.05) is 26.5 Å². The summed E-state index contributed by atoms with van der Waals surface area (Å²) in [6, 6.07) is 1.21. The molecule has 0 saturated carbocycles. The number of hydrogen-bond acceptors (Lipinski definition) is 2. The van der Waals surface area contributed by atoms with E-state index in [2.05, 4.69) is 56.3 Å². The van der Waals surface area contributed by atoms with Crippen LogP contribution in [-0.2, 0) is 0 Å². The third-order valence-electron chi connectivity index (χ3n) is 3.12. The minimum atomic E-state index is -1.52. The maximum atomic E-state index is 4.02. The first-order chi connectivity index (χ1) is 6.08. The van der Waals surface area contributed by atoms with Crippen LogP contribution in [0, 0.1) is 0 Å². The molecule has 0 fully saturated rings. The zero-order chi connectivity index (χ0) is 10.5. The Kier molecular flexibility index (Phi) is 5.52. The monoisotopic (exact) mass is 200 g/mol. The standard InChI is InChI=1S/C10H24N2Si/c1-7-11(5)13(9-3,10-4)12(6)8-2/h9H,3,7-8,10H2,1-2,4-6H3. The Balaban J connectivity index is 4.78. The molecule has 0 saturated heterocycles. The third kappa shape index (κ3) is 2.42. The predicted octanol–water partition coefficient (Wildman–Crippen LogP) is 2.08. The third-order valence-corrected chi connectivity index (χ3v) is 8.09. The van der Waals surface area contributed by atoms with Gasteiger partial charge in [0.2, 0.25) is 8.40 Å². The Morgan fingerprint density at radius 3 is 1.62 bits per heavy atom. The van der Waals surface area contributed by atoms with Gasteiger partial charge < -0.3 is 9.13 Å². The average Bonchev–Trinajstić information content (AvgIpc) is 2.19. The van der Waals surface area contributed by atoms with Crippen LogP contribution in [0.15, 0.2) is 12.3 Å². The molecular weight excluding hydrogens is 176 g/mol. The SMILES string of the molecule is C=C[Si](CC)(N(C)CC)N(C)CC. The van der Waals surface area contributed by atoms with Gasteiger partial charge in [-0.3, -0.25) is 0 Å². The van der Waals surface area contributed by atoms with E-state index in [1.807, 2.05) is 0 Å². The molecule has 0 aromatic heterocycles. The van der Waals surface area contributed by atoms with Crippen molar-refractivity contribution in [2.45, 2.75) is 26.8 Å². The fraction of sp³-hybridized carbons (Fsp3) is 0.800. The molecule has 0 aromatic rings. The van der Waals surface area contributed by atoms with Gasteiger partial charge in [0, 0.05) is 0 Å². The van der Waals surface area contributed by atoms with E-state index in [4.69, 9.17) is 0 Å². The zero-order valence-corrected chi connectivity index (χ0v) is 10.8. The molecule has 0 heterocycles. The molecule has 0 atom stereocenters. The lowest BCUT2D eigenvalue weighted by Gasteiger charge is -2.42. The highest BCUT2D eigenvalue weighted by Gasteiger charge is 2.36. The fourth-order valence-corrected chi connectivity index (χ4v) is 5.50. The van der Waals surface area contributed by atoms with Gasteiger partial charge in [-0.25, -0.2) is 0 Å². The van der Waals surface area contributed by atoms with Crippen LogP contribution in [0.4, 0.5) is 0 Å². The Morgan fingerprint density at radius 2 is 1.46 bits per heavy atom. The molecule has 0 aliphatic carbocycles. The van der Waals surface area contributed by atoms with Crippen molar-refractivity contribution in [3.05, 3.63) is 12.3 Å². The summed E-state index contributed by atoms with van der Waals surface area (Å²) in [7, 11) is 2.90. The highest BCUT2D eigenvalue weighted by atomic mass is 28.3. The van der Waals surface area contributed by atoms with Gasteiger partial charge in [0.15, 0.2) is 0 Å². The van der Waals surface area contributed by atoms with E-state index in [-0.39, 0.29) is 0 Å². The van der Waals surface area contributed by atoms with Gasteiger partial charge in [-0.15, -0.1) is 6.58 Å². The Hall–Kier alpha value is -0.123. The number of nitrogens with zero attached hydrogens (tertiary/aromatic N) is 2. The first kappa shape index (κ1) is 12.9. The van der Waals surface area contributed by atoms with Crippen LogP contribution in [0.25, 0.3) is 0 Å². The molecule has 0 aliphatic rings. The predicted molar refractivity (Wildman–Crippen MR) is 63.0 cm³/mol. The van der Waals surface area contributed by atoms with E-state index in [0.717, 1.165) is 13.1 Å². The Bertz CT molecular complexity index is 149. The van der Waals surface area contributed by atoms with Crippen LogP contribution < -0.4 is 0 Å². The van der Waals surface area contributed by atoms with Crippen LogP contribution in [0.5, 0.6) is 0 Å². The van der Waals surface area contributed by atoms with Crippen molar-refractivity contribution in [1.29, 1.82) is 0 Å². The van der Waals surface area contributed by atoms with Crippen LogP contribution in [0.1, 0.15) is 20.8 Å². The van der Waals surface area contributed by atoms with Gasteiger partial charge in [-0.2, -0.15) is 0 Å². The lowest BCUT2D eigenvalue weighted by molar-refractivity contribution is 0.421. The molecule has 0 radical (unpaired) electrons. The summed E-state index contributed by atoms with van der Waals surface area (Å²) in [5, 5.41) is 0. The van der Waals surface area contributed by atoms with E-state index < -0.39 is 8.40 Å². The summed E-state index contributed by atoms with van der Waals surface area (Å²) in [5.74, 6) is 0. The normalized spacial score (nSPS) is 12.5. The molecule has 78 valence electrons. The Morgan fingerprint density at radius 1 is 1.08 bits per heavy atom. The topological polar surface area (TPSA) is 6.48 Å². The van der Waals surface area contributed by atoms with Crippen LogP contribution in [0.2, 0.25) is 6.04 Å². The van der Waals surface area contributed by atoms with Crippen molar-refractivity contribution in [2.75, 3.05) is 27.2 Å². The quantitative estimate of drug-likeness (QED) is 0.606. The first-order valence-electron chi connectivity index (χ1n) is 5.15. The second-order valence-corrected chi connectivity index (χ2v) is 7.86. The number of rotatable bonds is 6. The van der Waals surface area contributed by atoms with Gasteiger partial charge in [0.1, 0.15) is 0 Å². The summed E-state index contributed by atoms with van der Waals surface area (Å²) >= 11 is 0. The molecule has 0 N–H and O–H groups in total. The van der Waals surface area contributed by atoms with Crippen LogP contribution in [0.3, 0.4) is 0 Å². The zero-order valence-electron chi connectivity index (χ0n) is 9.80. The summed E-state index contributed by atoms with van der Waals surface area (Å²) in [6.45, 7) is 12.9. The summed E-state index contributed by atoms with van der Waals surface area (Å²) in [5.41, 5.74) is 2.19. The first-order valence-corrected chi connectivity index (χ1v) is 7.32. The molecular formula is C10H24N2Si. The highest BCUT2D eigenvalue weighted by Crippen LogP contribution is 2.18. The lowest BCUT2D eigenvalue weighted by atomic mass is 10.8. The second kappa shape index (κ2) is 5.57. The second-order valence-electron chi connectivity index (χ2n) is 3.46. The molecule has 0 rings (SSSR count). The smallest absolute Gasteiger partial charge is 0.231 e. The minimum absolute atomic E-state index is 1.11. The van der Waals surface area contributed by atoms with Gasteiger partial charge in [-0.05, 0) is 33.2 Å². The lowest BCUT2D eigenvalue weighted by Crippen LogP contribution is -2.61. The van der Waals surface area contributed by atoms with E-state index >= 15 is 0 Å². The fourth-order valence-electron chi connectivity index (χ4n) is 1.83. The molecule has 13 heavy (non-hydrogen) atoms. The van der Waals surface area contributed by atoms with Crippen molar-refractivity contribution in [1.82, 2.24) is 9.13 Å². The largest absolute Gasteiger partial charge is 0.312 e. The maximum Gasteiger partial charge on any atom is 0.231 e. The summed E-state index contributed by atoms with van der Waals surface area (Å²) in [6.07, 6.45) is 0. The van der Waals surface area contributed by atoms with E-state index in [0.29, 0.717) is 0 Å². The summed E-state index contributed by atoms with van der Waals surface area (Å²) < 4.78 is 4.95. The average molecular weight is 200 g/mol. The molecule has 2 nitrogen and oxygen atoms in total. The van der Waals surface area contributed by atoms with Crippen molar-refractivity contribution >= 4 is 8.40 Å². The van der Waals surface area contributed by atoms with Crippen LogP contribution >= 0.6 is 0 Å². The Labute approximate surface area is 84.4 Å². The molecule has 0 amide bonds. The molecule has 3 heteroatoms. The van der Waals surface area contributed by atoms with Crippen molar-refractivity contribution < 1.29 is 0 Å². The molecule has 0 bridgehead atoms.